The van der Waals surface area contributed by atoms with Crippen molar-refractivity contribution in [3.05, 3.63) is 59.0 Å². The average molecular weight is 403 g/mol. The van der Waals surface area contributed by atoms with Gasteiger partial charge in [-0.15, -0.1) is 0 Å². The summed E-state index contributed by atoms with van der Waals surface area (Å²) in [5, 5.41) is 0.419. The first-order valence-corrected chi connectivity index (χ1v) is 10.1. The number of benzene rings is 1. The van der Waals surface area contributed by atoms with Crippen LogP contribution in [0.25, 0.3) is 0 Å². The fraction of sp³-hybridized carbons (Fsp3) is 0.429. The van der Waals surface area contributed by atoms with E-state index in [0.29, 0.717) is 42.8 Å². The number of anilines is 1. The number of pyridine rings is 1. The summed E-state index contributed by atoms with van der Waals surface area (Å²) in [7, 11) is 0. The Hall–Kier alpha value is -2.18. The van der Waals surface area contributed by atoms with Crippen molar-refractivity contribution in [2.45, 2.75) is 25.4 Å². The summed E-state index contributed by atoms with van der Waals surface area (Å²) in [5.74, 6) is 0.734. The third-order valence-electron chi connectivity index (χ3n) is 5.43. The average Bonchev–Trinajstić information content (AvgIpc) is 3.56. The van der Waals surface area contributed by atoms with E-state index in [1.807, 2.05) is 23.1 Å². The molecule has 2 fully saturated rings. The van der Waals surface area contributed by atoms with Crippen molar-refractivity contribution in [2.75, 3.05) is 37.6 Å². The van der Waals surface area contributed by atoms with E-state index in [0.717, 1.165) is 31.7 Å². The van der Waals surface area contributed by atoms with E-state index in [-0.39, 0.29) is 11.7 Å². The van der Waals surface area contributed by atoms with Gasteiger partial charge in [-0.25, -0.2) is 9.37 Å². The lowest BCUT2D eigenvalue weighted by atomic mass is 10.2. The molecule has 1 aromatic carbocycles. The van der Waals surface area contributed by atoms with E-state index in [4.69, 9.17) is 11.6 Å². The van der Waals surface area contributed by atoms with Gasteiger partial charge in [0.15, 0.2) is 0 Å². The van der Waals surface area contributed by atoms with Crippen LogP contribution in [0.1, 0.15) is 18.4 Å². The van der Waals surface area contributed by atoms with Gasteiger partial charge in [0.1, 0.15) is 11.6 Å². The van der Waals surface area contributed by atoms with Crippen LogP contribution in [0.15, 0.2) is 42.6 Å². The Balaban J connectivity index is 1.35. The number of carbonyl (C=O) groups is 1. The molecule has 5 nitrogen and oxygen atoms in total. The number of rotatable bonds is 6. The summed E-state index contributed by atoms with van der Waals surface area (Å²) >= 11 is 6.18. The number of carbonyl (C=O) groups excluding carboxylic acids is 1. The molecule has 28 heavy (non-hydrogen) atoms. The largest absolute Gasteiger partial charge is 0.353 e. The zero-order valence-electron chi connectivity index (χ0n) is 15.7. The second-order valence-corrected chi connectivity index (χ2v) is 7.80. The molecule has 1 amide bonds. The van der Waals surface area contributed by atoms with Gasteiger partial charge in [0, 0.05) is 55.5 Å². The number of piperazine rings is 1. The Morgan fingerprint density at radius 2 is 1.93 bits per heavy atom. The SMILES string of the molecule is O=C(CN(Cc1c(F)cccc1Cl)C1CC1)N1CCN(c2ccccn2)CC1. The lowest BCUT2D eigenvalue weighted by Gasteiger charge is -2.36. The molecule has 0 unspecified atom stereocenters. The second-order valence-electron chi connectivity index (χ2n) is 7.39. The number of hydrogen-bond acceptors (Lipinski definition) is 4. The molecule has 0 atom stereocenters. The molecule has 1 saturated heterocycles. The summed E-state index contributed by atoms with van der Waals surface area (Å²) in [4.78, 5) is 23.4. The number of hydrogen-bond donors (Lipinski definition) is 0. The van der Waals surface area contributed by atoms with Gasteiger partial charge in [-0.2, -0.15) is 0 Å². The Kier molecular flexibility index (Phi) is 5.78. The second kappa shape index (κ2) is 8.45. The van der Waals surface area contributed by atoms with Crippen LogP contribution in [0.4, 0.5) is 10.2 Å². The molecule has 2 aliphatic rings. The van der Waals surface area contributed by atoms with E-state index in [9.17, 15) is 9.18 Å². The fourth-order valence-electron chi connectivity index (χ4n) is 3.64. The van der Waals surface area contributed by atoms with Gasteiger partial charge >= 0.3 is 0 Å². The predicted molar refractivity (Wildman–Crippen MR) is 108 cm³/mol. The Bertz CT molecular complexity index is 802. The quantitative estimate of drug-likeness (QED) is 0.744. The van der Waals surface area contributed by atoms with Crippen molar-refractivity contribution < 1.29 is 9.18 Å². The van der Waals surface area contributed by atoms with Gasteiger partial charge in [-0.05, 0) is 37.1 Å². The van der Waals surface area contributed by atoms with Crippen molar-refractivity contribution in [3.8, 4) is 0 Å². The number of nitrogens with zero attached hydrogens (tertiary/aromatic N) is 4. The maximum absolute atomic E-state index is 14.2. The van der Waals surface area contributed by atoms with Crippen molar-refractivity contribution >= 4 is 23.3 Å². The van der Waals surface area contributed by atoms with Crippen molar-refractivity contribution in [2.24, 2.45) is 0 Å². The van der Waals surface area contributed by atoms with Crippen LogP contribution in [0, 0.1) is 5.82 Å². The minimum atomic E-state index is -0.311. The minimum absolute atomic E-state index is 0.0973. The zero-order chi connectivity index (χ0) is 19.5. The topological polar surface area (TPSA) is 39.7 Å². The van der Waals surface area contributed by atoms with Crippen LogP contribution in [0.3, 0.4) is 0 Å². The Morgan fingerprint density at radius 1 is 1.14 bits per heavy atom. The molecule has 4 rings (SSSR count). The molecule has 0 N–H and O–H groups in total. The molecule has 1 aromatic heterocycles. The molecule has 0 spiro atoms. The van der Waals surface area contributed by atoms with Gasteiger partial charge in [0.2, 0.25) is 5.91 Å². The summed E-state index contributed by atoms with van der Waals surface area (Å²) in [6.07, 6.45) is 3.88. The van der Waals surface area contributed by atoms with Gasteiger partial charge < -0.3 is 9.80 Å². The third kappa shape index (κ3) is 4.45. The highest BCUT2D eigenvalue weighted by atomic mass is 35.5. The first kappa shape index (κ1) is 19.2. The van der Waals surface area contributed by atoms with E-state index in [1.165, 1.54) is 6.07 Å². The van der Waals surface area contributed by atoms with E-state index in [1.54, 1.807) is 18.3 Å². The monoisotopic (exact) mass is 402 g/mol. The van der Waals surface area contributed by atoms with E-state index >= 15 is 0 Å². The molecule has 0 radical (unpaired) electrons. The highest BCUT2D eigenvalue weighted by molar-refractivity contribution is 6.31. The summed E-state index contributed by atoms with van der Waals surface area (Å²) in [6.45, 7) is 3.56. The molecule has 1 aliphatic carbocycles. The van der Waals surface area contributed by atoms with Crippen molar-refractivity contribution in [3.63, 3.8) is 0 Å². The van der Waals surface area contributed by atoms with Gasteiger partial charge in [-0.3, -0.25) is 9.69 Å². The van der Waals surface area contributed by atoms with Gasteiger partial charge in [0.05, 0.1) is 6.54 Å². The van der Waals surface area contributed by atoms with E-state index in [2.05, 4.69) is 14.8 Å². The molecule has 1 saturated carbocycles. The van der Waals surface area contributed by atoms with Crippen LogP contribution >= 0.6 is 11.6 Å². The molecular formula is C21H24ClFN4O. The van der Waals surface area contributed by atoms with Crippen LogP contribution in [0.2, 0.25) is 5.02 Å². The molecule has 2 aromatic rings. The molecule has 2 heterocycles. The van der Waals surface area contributed by atoms with Gasteiger partial charge in [-0.1, -0.05) is 23.7 Å². The third-order valence-corrected chi connectivity index (χ3v) is 5.78. The minimum Gasteiger partial charge on any atom is -0.353 e. The Labute approximate surface area is 169 Å². The van der Waals surface area contributed by atoms with Crippen LogP contribution in [-0.2, 0) is 11.3 Å². The lowest BCUT2D eigenvalue weighted by Crippen LogP contribution is -2.51. The predicted octanol–water partition coefficient (Wildman–Crippen LogP) is 3.19. The van der Waals surface area contributed by atoms with Crippen LogP contribution < -0.4 is 4.90 Å². The summed E-state index contributed by atoms with van der Waals surface area (Å²) in [6, 6.07) is 10.9. The standard InChI is InChI=1S/C21H24ClFN4O/c22-18-4-3-5-19(23)17(18)14-27(16-7-8-16)15-21(28)26-12-10-25(11-13-26)20-6-1-2-9-24-20/h1-6,9,16H,7-8,10-15H2. The molecule has 148 valence electrons. The number of aromatic nitrogens is 1. The highest BCUT2D eigenvalue weighted by Gasteiger charge is 2.33. The normalized spacial score (nSPS) is 17.2. The first-order valence-electron chi connectivity index (χ1n) is 9.72. The summed E-state index contributed by atoms with van der Waals surface area (Å²) < 4.78 is 14.2. The van der Waals surface area contributed by atoms with Crippen LogP contribution in [-0.4, -0.2) is 59.5 Å². The maximum atomic E-state index is 14.2. The van der Waals surface area contributed by atoms with Crippen LogP contribution in [0.5, 0.6) is 0 Å². The van der Waals surface area contributed by atoms with Gasteiger partial charge in [0.25, 0.3) is 0 Å². The van der Waals surface area contributed by atoms with E-state index < -0.39 is 0 Å². The zero-order valence-corrected chi connectivity index (χ0v) is 16.5. The highest BCUT2D eigenvalue weighted by Crippen LogP contribution is 2.30. The Morgan fingerprint density at radius 3 is 2.57 bits per heavy atom. The number of amides is 1. The molecule has 7 heteroatoms. The maximum Gasteiger partial charge on any atom is 0.236 e. The smallest absolute Gasteiger partial charge is 0.236 e. The van der Waals surface area contributed by atoms with Crippen molar-refractivity contribution in [1.82, 2.24) is 14.8 Å². The molecule has 1 aliphatic heterocycles. The van der Waals surface area contributed by atoms with Crippen molar-refractivity contribution in [1.29, 1.82) is 0 Å². The molecule has 0 bridgehead atoms. The fourth-order valence-corrected chi connectivity index (χ4v) is 3.86. The molecular weight excluding hydrogens is 379 g/mol. The lowest BCUT2D eigenvalue weighted by molar-refractivity contribution is -0.133. The summed E-state index contributed by atoms with van der Waals surface area (Å²) in [5.41, 5.74) is 0.476. The number of halogens is 2. The first-order chi connectivity index (χ1) is 13.6.